The zero-order valence-corrected chi connectivity index (χ0v) is 17.7. The van der Waals surface area contributed by atoms with E-state index in [1.165, 1.54) is 24.3 Å². The molecule has 32 heavy (non-hydrogen) atoms. The lowest BCUT2D eigenvalue weighted by Gasteiger charge is -2.47. The molecule has 1 heterocycles. The maximum absolute atomic E-state index is 14.2. The van der Waals surface area contributed by atoms with Crippen LogP contribution in [0.15, 0.2) is 41.3 Å². The minimum atomic E-state index is -7.33. The maximum atomic E-state index is 14.2. The Morgan fingerprint density at radius 1 is 0.812 bits per heavy atom. The van der Waals surface area contributed by atoms with E-state index in [0.717, 1.165) is 0 Å². The summed E-state index contributed by atoms with van der Waals surface area (Å²) in [6, 6.07) is 9.16. The van der Waals surface area contributed by atoms with Gasteiger partial charge in [0.2, 0.25) is 0 Å². The fourth-order valence-electron chi connectivity index (χ4n) is 3.21. The molecule has 2 aromatic rings. The topological polar surface area (TPSA) is 43.4 Å². The van der Waals surface area contributed by atoms with Gasteiger partial charge in [-0.3, -0.25) is 0 Å². The van der Waals surface area contributed by atoms with Gasteiger partial charge in [-0.05, 0) is 35.7 Å². The van der Waals surface area contributed by atoms with Gasteiger partial charge in [0.05, 0.1) is 0 Å². The average molecular weight is 514 g/mol. The van der Waals surface area contributed by atoms with Crippen molar-refractivity contribution in [1.29, 1.82) is 0 Å². The van der Waals surface area contributed by atoms with Gasteiger partial charge in [0.15, 0.2) is 0 Å². The minimum absolute atomic E-state index is 0.0928. The Hall–Kier alpha value is -1.67. The highest BCUT2D eigenvalue weighted by atomic mass is 32.3. The normalized spacial score (nSPS) is 18.9. The summed E-state index contributed by atoms with van der Waals surface area (Å²) in [5.74, 6) is -15.0. The molecular weight excluding hydrogens is 499 g/mol. The molecule has 3 nitrogen and oxygen atoms in total. The van der Waals surface area contributed by atoms with Crippen LogP contribution in [0.5, 0.6) is 0 Å². The van der Waals surface area contributed by atoms with Gasteiger partial charge in [0.25, 0.3) is 0 Å². The van der Waals surface area contributed by atoms with Crippen LogP contribution in [0.25, 0.3) is 10.8 Å². The van der Waals surface area contributed by atoms with Crippen molar-refractivity contribution in [2.45, 2.75) is 41.5 Å². The first-order valence-electron chi connectivity index (χ1n) is 8.84. The molecule has 2 aromatic carbocycles. The molecule has 0 bridgehead atoms. The highest BCUT2D eigenvalue weighted by molar-refractivity contribution is 8.34. The Morgan fingerprint density at radius 2 is 1.34 bits per heavy atom. The van der Waals surface area contributed by atoms with E-state index in [4.69, 9.17) is 0 Å². The van der Waals surface area contributed by atoms with Gasteiger partial charge in [-0.25, -0.2) is 3.63 Å². The second-order valence-corrected chi connectivity index (χ2v) is 12.0. The molecule has 0 amide bonds. The molecule has 3 rings (SSSR count). The molecule has 0 aromatic heterocycles. The second-order valence-electron chi connectivity index (χ2n) is 7.19. The summed E-state index contributed by atoms with van der Waals surface area (Å²) in [6.45, 7) is 1.69. The lowest BCUT2D eigenvalue weighted by atomic mass is 10.1. The van der Waals surface area contributed by atoms with Crippen molar-refractivity contribution in [3.05, 3.63) is 42.0 Å². The molecule has 180 valence electrons. The molecule has 1 fully saturated rings. The molecule has 0 saturated carbocycles. The fourth-order valence-corrected chi connectivity index (χ4v) is 8.35. The number of hydrogen-bond acceptors (Lipinski definition) is 3. The zero-order chi connectivity index (χ0) is 24.4. The van der Waals surface area contributed by atoms with Gasteiger partial charge in [-0.15, -0.1) is 0 Å². The number of benzene rings is 2. The van der Waals surface area contributed by atoms with Gasteiger partial charge in [0.1, 0.15) is 0 Å². The van der Waals surface area contributed by atoms with Crippen molar-refractivity contribution in [3.8, 4) is 0 Å². The van der Waals surface area contributed by atoms with Gasteiger partial charge in [-0.1, -0.05) is 40.6 Å². The first-order valence-corrected chi connectivity index (χ1v) is 12.1. The Bertz CT molecular complexity index is 1140. The predicted molar refractivity (Wildman–Crippen MR) is 99.8 cm³/mol. The Labute approximate surface area is 178 Å². The van der Waals surface area contributed by atoms with Gasteiger partial charge in [0, 0.05) is 16.4 Å². The van der Waals surface area contributed by atoms with Crippen LogP contribution in [0.1, 0.15) is 12.0 Å². The van der Waals surface area contributed by atoms with E-state index in [1.54, 1.807) is 19.1 Å². The van der Waals surface area contributed by atoms with Crippen LogP contribution in [0, 0.1) is 6.92 Å². The third-order valence-electron chi connectivity index (χ3n) is 5.10. The molecule has 1 saturated heterocycles. The number of halogens is 9. The monoisotopic (exact) mass is 514 g/mol. The summed E-state index contributed by atoms with van der Waals surface area (Å²) in [5, 5.41) is -5.92. The Balaban J connectivity index is 2.10. The molecule has 0 unspecified atom stereocenters. The van der Waals surface area contributed by atoms with Crippen LogP contribution >= 0.6 is 10.3 Å². The maximum Gasteiger partial charge on any atom is 0.460 e. The summed E-state index contributed by atoms with van der Waals surface area (Å²) < 4.78 is 148. The van der Waals surface area contributed by atoms with Crippen molar-refractivity contribution in [1.82, 2.24) is 0 Å². The number of rotatable bonds is 6. The lowest BCUT2D eigenvalue weighted by molar-refractivity contribution is -0.382. The van der Waals surface area contributed by atoms with E-state index in [0.29, 0.717) is 16.3 Å². The Kier molecular flexibility index (Phi) is 5.79. The van der Waals surface area contributed by atoms with Crippen LogP contribution in [-0.4, -0.2) is 43.2 Å². The summed E-state index contributed by atoms with van der Waals surface area (Å²) in [5.41, 5.74) is 0.711. The number of alkyl halides is 9. The van der Waals surface area contributed by atoms with E-state index in [2.05, 4.69) is 3.63 Å². The quantitative estimate of drug-likeness (QED) is 0.419. The smallest absolute Gasteiger partial charge is 0.211 e. The summed E-state index contributed by atoms with van der Waals surface area (Å²) >= 11 is 0. The van der Waals surface area contributed by atoms with Crippen molar-refractivity contribution in [2.75, 3.05) is 11.5 Å². The molecule has 1 aliphatic heterocycles. The van der Waals surface area contributed by atoms with Gasteiger partial charge >= 0.3 is 33.4 Å². The summed E-state index contributed by atoms with van der Waals surface area (Å²) in [4.78, 5) is 0.0928. The molecule has 0 radical (unpaired) electrons. The van der Waals surface area contributed by atoms with E-state index in [1.807, 2.05) is 0 Å². The SMILES string of the molecule is Cc1ccc(S2(OS(=O)(=O)C(F)(F)C(F)(F)C(F)(F)C(F)(F)F)CCC2)c2ccccc12. The van der Waals surface area contributed by atoms with Crippen LogP contribution in [0.3, 0.4) is 0 Å². The number of hydrogen-bond donors (Lipinski definition) is 0. The van der Waals surface area contributed by atoms with Gasteiger partial charge < -0.3 is 0 Å². The average Bonchev–Trinajstić information content (AvgIpc) is 2.64. The zero-order valence-electron chi connectivity index (χ0n) is 16.0. The molecule has 0 N–H and O–H groups in total. The van der Waals surface area contributed by atoms with E-state index in [-0.39, 0.29) is 22.8 Å². The standard InChI is InChI=1S/C18H15F9O3S2/c1-11-7-8-14(13-6-3-2-5-12(11)13)31(9-4-10-31)30-32(28,29)18(26,27)16(21,22)15(19,20)17(23,24)25/h2-3,5-8H,4,9-10H2,1H3. The van der Waals surface area contributed by atoms with Crippen LogP contribution in [-0.2, 0) is 13.7 Å². The summed E-state index contributed by atoms with van der Waals surface area (Å²) in [7, 11) is -10.2. The number of fused-ring (bicyclic) bond motifs is 1. The molecular formula is C18H15F9O3S2. The van der Waals surface area contributed by atoms with E-state index in [9.17, 15) is 47.9 Å². The lowest BCUT2D eigenvalue weighted by Crippen LogP contribution is -2.63. The van der Waals surface area contributed by atoms with E-state index >= 15 is 0 Å². The van der Waals surface area contributed by atoms with Crippen LogP contribution in [0.4, 0.5) is 39.5 Å². The Morgan fingerprint density at radius 3 is 1.81 bits per heavy atom. The molecule has 1 aliphatic rings. The molecule has 0 aliphatic carbocycles. The summed E-state index contributed by atoms with van der Waals surface area (Å²) in [6.07, 6.45) is -6.89. The van der Waals surface area contributed by atoms with Crippen molar-refractivity contribution >= 4 is 31.2 Å². The molecule has 14 heteroatoms. The largest absolute Gasteiger partial charge is 0.460 e. The number of aryl methyl sites for hydroxylation is 1. The van der Waals surface area contributed by atoms with Gasteiger partial charge in [-0.2, -0.15) is 47.9 Å². The first-order chi connectivity index (χ1) is 14.4. The second kappa shape index (κ2) is 7.42. The highest BCUT2D eigenvalue weighted by Crippen LogP contribution is 2.68. The van der Waals surface area contributed by atoms with Crippen molar-refractivity contribution < 1.29 is 51.6 Å². The fraction of sp³-hybridized carbons (Fsp3) is 0.444. The molecule has 0 atom stereocenters. The third-order valence-corrected chi connectivity index (χ3v) is 10.8. The molecule has 0 spiro atoms. The first kappa shape index (κ1) is 25.0. The highest BCUT2D eigenvalue weighted by Gasteiger charge is 2.86. The van der Waals surface area contributed by atoms with E-state index < -0.39 is 43.7 Å². The van der Waals surface area contributed by atoms with Crippen LogP contribution in [0.2, 0.25) is 0 Å². The third kappa shape index (κ3) is 3.45. The van der Waals surface area contributed by atoms with Crippen LogP contribution < -0.4 is 0 Å². The van der Waals surface area contributed by atoms with Crippen molar-refractivity contribution in [2.24, 2.45) is 0 Å². The minimum Gasteiger partial charge on any atom is -0.211 e. The predicted octanol–water partition coefficient (Wildman–Crippen LogP) is 6.40. The van der Waals surface area contributed by atoms with Crippen molar-refractivity contribution in [3.63, 3.8) is 0 Å².